The number of hydrogen-bond donors (Lipinski definition) is 3. The van der Waals surface area contributed by atoms with E-state index in [2.05, 4.69) is 5.32 Å². The number of nitrogens with one attached hydrogen (secondary N) is 1. The Hall–Kier alpha value is -4.26. The summed E-state index contributed by atoms with van der Waals surface area (Å²) < 4.78 is 6.54. The largest absolute Gasteiger partial charge is 0.508 e. The molecule has 3 aromatic carbocycles. The number of anilines is 1. The third kappa shape index (κ3) is 4.25. The summed E-state index contributed by atoms with van der Waals surface area (Å²) in [5, 5.41) is 24.9. The lowest BCUT2D eigenvalue weighted by Gasteiger charge is -2.21. The maximum atomic E-state index is 13.4. The number of pyridine rings is 1. The molecule has 0 saturated heterocycles. The summed E-state index contributed by atoms with van der Waals surface area (Å²) in [6, 6.07) is 20.0. The van der Waals surface area contributed by atoms with Crippen LogP contribution in [-0.2, 0) is 7.05 Å². The van der Waals surface area contributed by atoms with Gasteiger partial charge in [0.05, 0.1) is 18.7 Å². The van der Waals surface area contributed by atoms with Crippen LogP contribution in [0.2, 0.25) is 0 Å². The number of ether oxygens (including phenoxy) is 1. The monoisotopic (exact) mass is 444 g/mol. The average molecular weight is 444 g/mol. The number of aromatic nitrogens is 1. The van der Waals surface area contributed by atoms with Crippen LogP contribution in [0.25, 0.3) is 10.9 Å². The van der Waals surface area contributed by atoms with Gasteiger partial charge in [0, 0.05) is 30.1 Å². The Morgan fingerprint density at radius 3 is 2.36 bits per heavy atom. The number of aryl methyl sites for hydroxylation is 1. The van der Waals surface area contributed by atoms with Crippen LogP contribution >= 0.6 is 0 Å². The summed E-state index contributed by atoms with van der Waals surface area (Å²) in [5.74, 6) is -0.167. The Bertz CT molecular complexity index is 1380. The number of methoxy groups -OCH3 is 1. The fourth-order valence-electron chi connectivity index (χ4n) is 3.93. The molecule has 0 radical (unpaired) electrons. The smallest absolute Gasteiger partial charge is 0.265 e. The van der Waals surface area contributed by atoms with E-state index < -0.39 is 17.4 Å². The summed E-state index contributed by atoms with van der Waals surface area (Å²) in [4.78, 5) is 26.3. The normalized spacial score (nSPS) is 11.8. The second-order valence-electron chi connectivity index (χ2n) is 7.72. The minimum absolute atomic E-state index is 0.0203. The number of ketones is 1. The van der Waals surface area contributed by atoms with Crippen LogP contribution in [0.15, 0.2) is 77.6 Å². The van der Waals surface area contributed by atoms with Crippen molar-refractivity contribution >= 4 is 22.4 Å². The molecular formula is C26H24N2O5. The van der Waals surface area contributed by atoms with E-state index in [1.807, 2.05) is 0 Å². The summed E-state index contributed by atoms with van der Waals surface area (Å²) in [5.41, 5.74) is 0.890. The number of benzene rings is 3. The highest BCUT2D eigenvalue weighted by Crippen LogP contribution is 2.33. The first-order valence-corrected chi connectivity index (χ1v) is 10.4. The minimum Gasteiger partial charge on any atom is -0.508 e. The highest BCUT2D eigenvalue weighted by atomic mass is 16.5. The van der Waals surface area contributed by atoms with Crippen LogP contribution in [0.1, 0.15) is 28.4 Å². The Labute approximate surface area is 190 Å². The molecule has 1 atom stereocenters. The van der Waals surface area contributed by atoms with Gasteiger partial charge in [-0.25, -0.2) is 0 Å². The van der Waals surface area contributed by atoms with Gasteiger partial charge in [-0.3, -0.25) is 9.59 Å². The van der Waals surface area contributed by atoms with E-state index >= 15 is 0 Å². The van der Waals surface area contributed by atoms with Gasteiger partial charge in [0.25, 0.3) is 5.56 Å². The van der Waals surface area contributed by atoms with Gasteiger partial charge in [-0.15, -0.1) is 0 Å². The lowest BCUT2D eigenvalue weighted by molar-refractivity contribution is 0.0972. The molecule has 4 rings (SSSR count). The number of nitrogens with zero attached hydrogens (tertiary/aromatic N) is 1. The zero-order valence-electron chi connectivity index (χ0n) is 18.3. The van der Waals surface area contributed by atoms with E-state index in [0.717, 1.165) is 0 Å². The molecule has 4 aromatic rings. The standard InChI is InChI=1S/C26H24N2O5/c1-28-21-9-5-3-8-19(21)25(31)24(26(28)32)23(30)15-20(18-7-4-6-10-22(18)29)27-16-11-13-17(33-2)14-12-16/h3-14,20,27,29,31H,15H2,1-2H3/t20-/m1/s1. The molecule has 0 saturated carbocycles. The topological polar surface area (TPSA) is 101 Å². The highest BCUT2D eigenvalue weighted by Gasteiger charge is 2.26. The average Bonchev–Trinajstić information content (AvgIpc) is 2.83. The summed E-state index contributed by atoms with van der Waals surface area (Å²) in [6.45, 7) is 0. The first-order chi connectivity index (χ1) is 15.9. The molecule has 7 heteroatoms. The van der Waals surface area contributed by atoms with Crippen LogP contribution in [-0.4, -0.2) is 27.7 Å². The van der Waals surface area contributed by atoms with Crippen molar-refractivity contribution in [1.29, 1.82) is 0 Å². The number of Topliss-reactive ketones (excluding diaryl/α,β-unsaturated/α-hetero) is 1. The third-order valence-electron chi connectivity index (χ3n) is 5.69. The van der Waals surface area contributed by atoms with Crippen molar-refractivity contribution in [3.8, 4) is 17.2 Å². The van der Waals surface area contributed by atoms with E-state index in [-0.39, 0.29) is 23.5 Å². The van der Waals surface area contributed by atoms with Crippen LogP contribution in [0.5, 0.6) is 17.2 Å². The van der Waals surface area contributed by atoms with Crippen molar-refractivity contribution in [2.75, 3.05) is 12.4 Å². The predicted octanol–water partition coefficient (Wildman–Crippen LogP) is 4.38. The quantitative estimate of drug-likeness (QED) is 0.366. The van der Waals surface area contributed by atoms with Crippen molar-refractivity contribution in [3.63, 3.8) is 0 Å². The van der Waals surface area contributed by atoms with Gasteiger partial charge >= 0.3 is 0 Å². The van der Waals surface area contributed by atoms with Crippen LogP contribution in [0.4, 0.5) is 5.69 Å². The number of aromatic hydroxyl groups is 2. The number of rotatable bonds is 7. The van der Waals surface area contributed by atoms with Crippen molar-refractivity contribution in [3.05, 3.63) is 94.3 Å². The lowest BCUT2D eigenvalue weighted by Crippen LogP contribution is -2.26. The number of fused-ring (bicyclic) bond motifs is 1. The number of hydrogen-bond acceptors (Lipinski definition) is 6. The first-order valence-electron chi connectivity index (χ1n) is 10.4. The molecule has 0 aliphatic carbocycles. The fraction of sp³-hybridized carbons (Fsp3) is 0.154. The number of carbonyl (C=O) groups is 1. The Kier molecular flexibility index (Phi) is 6.04. The zero-order valence-corrected chi connectivity index (χ0v) is 18.3. The lowest BCUT2D eigenvalue weighted by atomic mass is 9.96. The number of phenols is 1. The number of para-hydroxylation sites is 2. The van der Waals surface area contributed by atoms with Crippen molar-refractivity contribution < 1.29 is 19.7 Å². The molecule has 7 nitrogen and oxygen atoms in total. The maximum absolute atomic E-state index is 13.4. The van der Waals surface area contributed by atoms with Gasteiger partial charge in [0.1, 0.15) is 22.8 Å². The molecule has 0 spiro atoms. The maximum Gasteiger partial charge on any atom is 0.265 e. The van der Waals surface area contributed by atoms with Crippen LogP contribution < -0.4 is 15.6 Å². The van der Waals surface area contributed by atoms with E-state index in [9.17, 15) is 19.8 Å². The Balaban J connectivity index is 1.74. The van der Waals surface area contributed by atoms with E-state index in [4.69, 9.17) is 4.74 Å². The SMILES string of the molecule is COc1ccc(N[C@H](CC(=O)c2c(O)c3ccccc3n(C)c2=O)c2ccccc2O)cc1. The molecule has 1 aromatic heterocycles. The van der Waals surface area contributed by atoms with Crippen LogP contribution in [0, 0.1) is 0 Å². The summed E-state index contributed by atoms with van der Waals surface area (Å²) in [7, 11) is 3.14. The van der Waals surface area contributed by atoms with Gasteiger partial charge < -0.3 is 24.8 Å². The van der Waals surface area contributed by atoms with Crippen molar-refractivity contribution in [1.82, 2.24) is 4.57 Å². The van der Waals surface area contributed by atoms with Crippen molar-refractivity contribution in [2.45, 2.75) is 12.5 Å². The second kappa shape index (κ2) is 9.08. The molecule has 0 aliphatic heterocycles. The van der Waals surface area contributed by atoms with Gasteiger partial charge in [0.2, 0.25) is 0 Å². The summed E-state index contributed by atoms with van der Waals surface area (Å²) in [6.07, 6.45) is -0.162. The Morgan fingerprint density at radius 2 is 1.67 bits per heavy atom. The molecule has 3 N–H and O–H groups in total. The Morgan fingerprint density at radius 1 is 1.00 bits per heavy atom. The third-order valence-corrected chi connectivity index (χ3v) is 5.69. The molecule has 0 aliphatic rings. The second-order valence-corrected chi connectivity index (χ2v) is 7.72. The molecule has 0 bridgehead atoms. The van der Waals surface area contributed by atoms with E-state index in [1.54, 1.807) is 80.9 Å². The molecule has 0 amide bonds. The molecule has 0 fully saturated rings. The molecule has 1 heterocycles. The molecule has 33 heavy (non-hydrogen) atoms. The predicted molar refractivity (Wildman–Crippen MR) is 127 cm³/mol. The fourth-order valence-corrected chi connectivity index (χ4v) is 3.93. The van der Waals surface area contributed by atoms with Gasteiger partial charge in [-0.2, -0.15) is 0 Å². The van der Waals surface area contributed by atoms with Gasteiger partial charge in [-0.1, -0.05) is 30.3 Å². The first kappa shape index (κ1) is 22.0. The molecule has 0 unspecified atom stereocenters. The number of phenolic OH excluding ortho intramolecular Hbond substituents is 1. The number of carbonyl (C=O) groups excluding carboxylic acids is 1. The van der Waals surface area contributed by atoms with Gasteiger partial charge in [-0.05, 0) is 42.5 Å². The molecule has 168 valence electrons. The zero-order chi connectivity index (χ0) is 23.5. The van der Waals surface area contributed by atoms with Gasteiger partial charge in [0.15, 0.2) is 5.78 Å². The highest BCUT2D eigenvalue weighted by molar-refractivity contribution is 6.03. The van der Waals surface area contributed by atoms with E-state index in [1.165, 1.54) is 10.6 Å². The van der Waals surface area contributed by atoms with Crippen molar-refractivity contribution in [2.24, 2.45) is 7.05 Å². The molecular weight excluding hydrogens is 420 g/mol. The van der Waals surface area contributed by atoms with E-state index in [0.29, 0.717) is 27.9 Å². The van der Waals surface area contributed by atoms with Crippen LogP contribution in [0.3, 0.4) is 0 Å². The summed E-state index contributed by atoms with van der Waals surface area (Å²) >= 11 is 0. The minimum atomic E-state index is -0.650.